The van der Waals surface area contributed by atoms with E-state index in [9.17, 15) is 28.8 Å². The lowest BCUT2D eigenvalue weighted by atomic mass is 9.99. The van der Waals surface area contributed by atoms with E-state index >= 15 is 0 Å². The monoisotopic (exact) mass is 1750 g/mol. The Kier molecular flexibility index (Phi) is 25.8. The van der Waals surface area contributed by atoms with Crippen molar-refractivity contribution < 1.29 is 57.2 Å². The van der Waals surface area contributed by atoms with Crippen molar-refractivity contribution >= 4 is 194 Å². The third-order valence-corrected chi connectivity index (χ3v) is 25.9. The molecular weight excluding hydrogens is 1650 g/mol. The minimum absolute atomic E-state index is 0.124. The molecule has 0 amide bonds. The Bertz CT molecular complexity index is 7390. The summed E-state index contributed by atoms with van der Waals surface area (Å²) in [5.74, 6) is -2.02. The molecule has 6 aliphatic rings. The molecule has 6 aliphatic heterocycles. The van der Waals surface area contributed by atoms with Crippen LogP contribution >= 0.6 is 0 Å². The van der Waals surface area contributed by atoms with Gasteiger partial charge in [0.1, 0.15) is 0 Å². The average molecular weight is 1750 g/mol. The van der Waals surface area contributed by atoms with Crippen LogP contribution < -0.4 is 0 Å². The Labute approximate surface area is 758 Å². The molecule has 0 saturated heterocycles. The zero-order valence-corrected chi connectivity index (χ0v) is 77.0. The molecule has 24 heteroatoms. The zero-order chi connectivity index (χ0) is 92.5. The molecule has 1 aromatic carbocycles. The molecule has 0 spiro atoms. The van der Waals surface area contributed by atoms with Crippen molar-refractivity contribution in [2.24, 2.45) is 0 Å². The van der Waals surface area contributed by atoms with Crippen molar-refractivity contribution in [2.45, 2.75) is 153 Å². The molecule has 16 rings (SSSR count). The van der Waals surface area contributed by atoms with Gasteiger partial charge in [0.2, 0.25) is 0 Å². The van der Waals surface area contributed by atoms with E-state index in [0.29, 0.717) is 72.7 Å². The standard InChI is InChI=1S/C107H106N12O12/c1-55-38-71-45-86-58(4)74(94(113-86)50-91-64(10)80(30-36-106(124)130-16)100(118-91)53-97-77(27-33-103(121)127-13)61(7)88(115-97)47-82(55)109-71)24-19-67-40-66(18-23-73-57(3)84-43-69-21-22-70(108-69)44-85-60(6)76(26-32-102(120)126-12)96(112-85)52-99-79(29-35-105(123)129-15)63(9)90(117-99)49-93(73)111-84)41-68(42-67)20-25-75-59(5)87-46-72-39-56(2)83(110-72)48-89-62(8)78(28-34-104(122)128-14)98(116-89)54-101-81(31-37-107(125)131-17)65(11)92(119-101)51-95(75)114-87/h18-25,38-54,108-109,114,116-118H,26-37H2,1-17H3/b23-18+,24-19+,25-20+,69-43?,70-44?,71-45?,72-46?,82-47?,83-48?,84-43?,85-44?,86-45?,87-46?,88-47?,89-48?,90-49?,91-50?,92-51?,93-49?,94-50?,95-51?,96-52?,97-53?,98-54?,99-52?,100-53?,101-54?. The summed E-state index contributed by atoms with van der Waals surface area (Å²) in [6.45, 7) is 22.6. The first-order chi connectivity index (χ1) is 63.0. The average Bonchev–Trinajstić information content (AvgIpc) is 1.63. The molecule has 9 aromatic heterocycles. The molecule has 15 heterocycles. The fourth-order valence-corrected chi connectivity index (χ4v) is 18.1. The van der Waals surface area contributed by atoms with Crippen LogP contribution in [0.3, 0.4) is 0 Å². The Balaban J connectivity index is 0.891. The number of carbonyl (C=O) groups is 6. The van der Waals surface area contributed by atoms with Gasteiger partial charge in [-0.1, -0.05) is 36.5 Å². The largest absolute Gasteiger partial charge is 0.469 e. The van der Waals surface area contributed by atoms with E-state index in [-0.39, 0.29) is 74.3 Å². The SMILES string of the molecule is COC(=O)CCC1=C(C)c2cc3[nH]c(cc4nc(cc5[nH]c(cc1n2)c(CCC(=O)OC)c5C)C(C)=C4)c(C)c3/C=C/c1cc(/C=C/C2=C(C)c3cc4ccc(cc5nc(cc6[nH]c(cc2n3)c(C)c6CCC(=O)OC)C(CCC(=O)OC)=C5C)[nH]4)cc(/C=C/C2=C(C)c3cc4cc(C)c(cc5nc(cc6[nH]c(cc2n3)c(C)c6CCC(=O)OC)C(CCC(=O)OC)=C5C)[nH]4)c1. The highest BCUT2D eigenvalue weighted by atomic mass is 16.5. The van der Waals surface area contributed by atoms with Crippen molar-refractivity contribution in [1.82, 2.24) is 59.8 Å². The number of allylic oxidation sites excluding steroid dienone is 13. The van der Waals surface area contributed by atoms with Crippen molar-refractivity contribution in [2.75, 3.05) is 42.7 Å². The summed E-state index contributed by atoms with van der Waals surface area (Å²) >= 11 is 0. The van der Waals surface area contributed by atoms with E-state index < -0.39 is 0 Å². The van der Waals surface area contributed by atoms with Crippen LogP contribution in [-0.4, -0.2) is 138 Å². The first kappa shape index (κ1) is 89.5. The van der Waals surface area contributed by atoms with Gasteiger partial charge < -0.3 is 58.3 Å². The van der Waals surface area contributed by atoms with Gasteiger partial charge in [0, 0.05) is 121 Å². The second-order valence-electron chi connectivity index (χ2n) is 34.0. The number of esters is 6. The highest BCUT2D eigenvalue weighted by Gasteiger charge is 2.27. The van der Waals surface area contributed by atoms with E-state index in [2.05, 4.69) is 161 Å². The van der Waals surface area contributed by atoms with Crippen LogP contribution in [0.15, 0.2) is 121 Å². The number of aryl methyl sites for hydroxylation is 8. The number of methoxy groups -OCH3 is 6. The van der Waals surface area contributed by atoms with Gasteiger partial charge in [0.05, 0.1) is 111 Å². The van der Waals surface area contributed by atoms with Crippen molar-refractivity contribution in [3.63, 3.8) is 0 Å². The van der Waals surface area contributed by atoms with Crippen LogP contribution in [0.1, 0.15) is 234 Å². The van der Waals surface area contributed by atoms with E-state index in [1.165, 1.54) is 42.7 Å². The first-order valence-corrected chi connectivity index (χ1v) is 44.0. The smallest absolute Gasteiger partial charge is 0.305 e. The summed E-state index contributed by atoms with van der Waals surface area (Å²) in [6, 6.07) is 37.2. The maximum atomic E-state index is 13.0. The van der Waals surface area contributed by atoms with Crippen LogP contribution in [0, 0.1) is 34.6 Å². The minimum atomic E-state index is -0.347. The lowest BCUT2D eigenvalue weighted by molar-refractivity contribution is -0.141. The molecule has 0 unspecified atom stereocenters. The fourth-order valence-electron chi connectivity index (χ4n) is 18.1. The Hall–Kier alpha value is -14.9. The summed E-state index contributed by atoms with van der Waals surface area (Å²) in [4.78, 5) is 132. The maximum absolute atomic E-state index is 13.0. The lowest BCUT2D eigenvalue weighted by Gasteiger charge is -2.05. The van der Waals surface area contributed by atoms with E-state index in [0.717, 1.165) is 228 Å². The molecule has 0 fully saturated rings. The quantitative estimate of drug-likeness (QED) is 0.0242. The lowest BCUT2D eigenvalue weighted by Crippen LogP contribution is -2.02. The van der Waals surface area contributed by atoms with Gasteiger partial charge in [-0.25, -0.2) is 29.9 Å². The van der Waals surface area contributed by atoms with Gasteiger partial charge in [-0.2, -0.15) is 0 Å². The van der Waals surface area contributed by atoms with E-state index in [1.54, 1.807) is 0 Å². The van der Waals surface area contributed by atoms with Crippen molar-refractivity contribution in [3.8, 4) is 0 Å². The van der Waals surface area contributed by atoms with Crippen LogP contribution in [0.4, 0.5) is 0 Å². The summed E-state index contributed by atoms with van der Waals surface area (Å²) in [7, 11) is 8.36. The number of rotatable bonds is 24. The number of H-pyrrole nitrogens is 6. The topological polar surface area (TPSA) is 330 Å². The Morgan fingerprint density at radius 2 is 0.595 bits per heavy atom. The van der Waals surface area contributed by atoms with Crippen LogP contribution in [0.25, 0.3) is 158 Å². The number of aromatic amines is 6. The molecule has 131 heavy (non-hydrogen) atoms. The second-order valence-corrected chi connectivity index (χ2v) is 34.0. The predicted octanol–water partition coefficient (Wildman–Crippen LogP) is 22.1. The molecule has 0 saturated carbocycles. The van der Waals surface area contributed by atoms with Gasteiger partial charge in [-0.15, -0.1) is 0 Å². The number of fused-ring (bicyclic) bond motifs is 24. The second kappa shape index (κ2) is 37.8. The molecule has 0 aliphatic carbocycles. The molecule has 10 aromatic rings. The molecular formula is C107H106N12O12. The molecule has 0 atom stereocenters. The number of ether oxygens (including phenoxy) is 6. The number of benzene rings is 1. The van der Waals surface area contributed by atoms with Gasteiger partial charge in [-0.3, -0.25) is 28.8 Å². The molecule has 24 bridgehead atoms. The van der Waals surface area contributed by atoms with Gasteiger partial charge in [-0.05, 0) is 341 Å². The maximum Gasteiger partial charge on any atom is 0.305 e. The Morgan fingerprint density at radius 3 is 1.00 bits per heavy atom. The highest BCUT2D eigenvalue weighted by molar-refractivity contribution is 6.03. The number of carbonyl (C=O) groups excluding carboxylic acids is 6. The Morgan fingerprint density at radius 1 is 0.275 bits per heavy atom. The van der Waals surface area contributed by atoms with E-state index in [1.807, 2.05) is 97.0 Å². The number of aromatic nitrogens is 12. The van der Waals surface area contributed by atoms with Crippen LogP contribution in [0.5, 0.6) is 0 Å². The van der Waals surface area contributed by atoms with Crippen LogP contribution in [0.2, 0.25) is 0 Å². The predicted molar refractivity (Wildman–Crippen MR) is 521 cm³/mol. The van der Waals surface area contributed by atoms with Gasteiger partial charge in [0.15, 0.2) is 0 Å². The number of nitrogens with zero attached hydrogens (tertiary/aromatic N) is 6. The summed E-state index contributed by atoms with van der Waals surface area (Å²) in [5, 5.41) is 0. The van der Waals surface area contributed by atoms with Crippen LogP contribution in [-0.2, 0) is 76.5 Å². The number of nitrogens with one attached hydrogen (secondary N) is 6. The zero-order valence-electron chi connectivity index (χ0n) is 77.0. The number of hydrogen-bond acceptors (Lipinski definition) is 18. The highest BCUT2D eigenvalue weighted by Crippen LogP contribution is 2.42. The fraction of sp³-hybridized carbons (Fsp3) is 0.271. The third-order valence-electron chi connectivity index (χ3n) is 25.9. The third kappa shape index (κ3) is 18.9. The van der Waals surface area contributed by atoms with Gasteiger partial charge in [0.25, 0.3) is 0 Å². The van der Waals surface area contributed by atoms with Crippen molar-refractivity contribution in [3.05, 3.63) is 256 Å². The summed E-state index contributed by atoms with van der Waals surface area (Å²) in [5.41, 5.74) is 39.4. The van der Waals surface area contributed by atoms with E-state index in [4.69, 9.17) is 58.3 Å². The van der Waals surface area contributed by atoms with Gasteiger partial charge >= 0.3 is 35.8 Å². The van der Waals surface area contributed by atoms with Crippen molar-refractivity contribution in [1.29, 1.82) is 0 Å². The normalized spacial score (nSPS) is 13.4. The number of hydrogen-bond donors (Lipinski definition) is 6. The summed E-state index contributed by atoms with van der Waals surface area (Å²) < 4.78 is 31.0. The molecule has 0 radical (unpaired) electrons. The minimum Gasteiger partial charge on any atom is -0.469 e. The molecule has 6 N–H and O–H groups in total. The molecule has 666 valence electrons. The first-order valence-electron chi connectivity index (χ1n) is 44.0. The molecule has 24 nitrogen and oxygen atoms in total. The summed E-state index contributed by atoms with van der Waals surface area (Å²) in [6.07, 6.45) is 18.0.